The zero-order valence-corrected chi connectivity index (χ0v) is 24.1. The average molecular weight is 586 g/mol. The predicted octanol–water partition coefficient (Wildman–Crippen LogP) is 2.63. The lowest BCUT2D eigenvalue weighted by Gasteiger charge is -2.28. The van der Waals surface area contributed by atoms with Gasteiger partial charge < -0.3 is 0 Å². The van der Waals surface area contributed by atoms with Crippen LogP contribution >= 0.6 is 0 Å². The average Bonchev–Trinajstić information content (AvgIpc) is 3.82. The van der Waals surface area contributed by atoms with Gasteiger partial charge in [-0.15, -0.1) is 15.3 Å². The number of benzene rings is 2. The minimum absolute atomic E-state index is 0.479. The molecule has 13 nitrogen and oxygen atoms in total. The van der Waals surface area contributed by atoms with Crippen molar-refractivity contribution in [1.82, 2.24) is 64.9 Å². The molecule has 0 radical (unpaired) electrons. The highest BCUT2D eigenvalue weighted by Crippen LogP contribution is 2.20. The summed E-state index contributed by atoms with van der Waals surface area (Å²) in [6.07, 6.45) is 10.4. The Labute approximate surface area is 254 Å². The van der Waals surface area contributed by atoms with E-state index in [0.717, 1.165) is 63.5 Å². The smallest absolute Gasteiger partial charge is 0.270 e. The van der Waals surface area contributed by atoms with E-state index in [2.05, 4.69) is 110 Å². The van der Waals surface area contributed by atoms with Crippen molar-refractivity contribution in [3.63, 3.8) is 0 Å². The lowest BCUT2D eigenvalue weighted by molar-refractivity contribution is 0.242. The summed E-state index contributed by atoms with van der Waals surface area (Å²) in [5.41, 5.74) is 7.23. The number of rotatable bonds is 6. The molecule has 6 aromatic rings. The molecule has 220 valence electrons. The van der Waals surface area contributed by atoms with E-state index in [-0.39, 0.29) is 0 Å². The zero-order chi connectivity index (χ0) is 29.6. The summed E-state index contributed by atoms with van der Waals surface area (Å²) in [4.78, 5) is 24.1. The Morgan fingerprint density at radius 1 is 0.636 bits per heavy atom. The molecule has 44 heavy (non-hydrogen) atoms. The third-order valence-electron chi connectivity index (χ3n) is 7.65. The van der Waals surface area contributed by atoms with Crippen molar-refractivity contribution in [3.05, 3.63) is 125 Å². The fraction of sp³-hybridized carbons (Fsp3) is 0.258. The molecule has 13 heteroatoms. The van der Waals surface area contributed by atoms with E-state index < -0.39 is 0 Å². The Kier molecular flexibility index (Phi) is 8.10. The van der Waals surface area contributed by atoms with Crippen molar-refractivity contribution in [2.45, 2.75) is 39.0 Å². The molecule has 4 aromatic heterocycles. The second kappa shape index (κ2) is 12.9. The molecule has 0 N–H and O–H groups in total. The van der Waals surface area contributed by atoms with Gasteiger partial charge in [-0.25, -0.2) is 19.9 Å². The lowest BCUT2D eigenvalue weighted by Crippen LogP contribution is -2.31. The molecule has 2 aliphatic heterocycles. The van der Waals surface area contributed by atoms with Gasteiger partial charge in [-0.3, -0.25) is 9.80 Å². The Morgan fingerprint density at radius 2 is 1.23 bits per heavy atom. The van der Waals surface area contributed by atoms with Gasteiger partial charge >= 0.3 is 0 Å². The van der Waals surface area contributed by atoms with E-state index in [1.807, 2.05) is 18.5 Å². The second-order valence-corrected chi connectivity index (χ2v) is 10.7. The molecule has 0 saturated heterocycles. The van der Waals surface area contributed by atoms with E-state index in [1.54, 1.807) is 17.1 Å². The van der Waals surface area contributed by atoms with Crippen LogP contribution in [-0.2, 0) is 39.0 Å². The van der Waals surface area contributed by atoms with Crippen molar-refractivity contribution in [3.8, 4) is 11.9 Å². The van der Waals surface area contributed by atoms with E-state index >= 15 is 0 Å². The lowest BCUT2D eigenvalue weighted by atomic mass is 10.1. The number of nitrogens with zero attached hydrogens (tertiary/aromatic N) is 13. The van der Waals surface area contributed by atoms with Gasteiger partial charge in [-0.05, 0) is 16.3 Å². The summed E-state index contributed by atoms with van der Waals surface area (Å²) in [6, 6.07) is 21.1. The maximum absolute atomic E-state index is 4.62. The monoisotopic (exact) mass is 585 g/mol. The highest BCUT2D eigenvalue weighted by molar-refractivity contribution is 5.26. The second-order valence-electron chi connectivity index (χ2n) is 10.7. The quantitative estimate of drug-likeness (QED) is 0.286. The van der Waals surface area contributed by atoms with Crippen LogP contribution in [0, 0.1) is 0 Å². The fourth-order valence-electron chi connectivity index (χ4n) is 5.46. The van der Waals surface area contributed by atoms with Crippen molar-refractivity contribution < 1.29 is 0 Å². The highest BCUT2D eigenvalue weighted by Gasteiger charge is 2.20. The Bertz CT molecular complexity index is 1640. The summed E-state index contributed by atoms with van der Waals surface area (Å²) in [5, 5.41) is 19.2. The molecule has 0 unspecified atom stereocenters. The number of fused-ring (bicyclic) bond motifs is 2. The molecule has 0 saturated carbocycles. The largest absolute Gasteiger partial charge is 0.294 e. The van der Waals surface area contributed by atoms with Gasteiger partial charge in [0.05, 0.1) is 23.8 Å². The van der Waals surface area contributed by atoms with E-state index in [0.29, 0.717) is 11.9 Å². The Morgan fingerprint density at radius 3 is 1.77 bits per heavy atom. The van der Waals surface area contributed by atoms with Gasteiger partial charge in [0, 0.05) is 75.6 Å². The summed E-state index contributed by atoms with van der Waals surface area (Å²) >= 11 is 0. The molecule has 8 rings (SSSR count). The maximum Gasteiger partial charge on any atom is 0.270 e. The Balaban J connectivity index is 0.000000142. The molecular formula is C31H31N13. The number of tetrazole rings is 1. The van der Waals surface area contributed by atoms with Crippen molar-refractivity contribution in [1.29, 1.82) is 0 Å². The highest BCUT2D eigenvalue weighted by atomic mass is 15.6. The molecule has 2 aliphatic rings. The van der Waals surface area contributed by atoms with Gasteiger partial charge in [0.25, 0.3) is 11.9 Å². The first-order chi connectivity index (χ1) is 21.8. The SMILES string of the molecule is c1ccc(CN2CCc3nc(-n4ccnn4)ncc3C2)cc1.c1ccc(CN2CCc3nc(-n4ncnn4)ncc3C2)cc1. The topological polar surface area (TPSA) is 132 Å². The first kappa shape index (κ1) is 27.6. The third kappa shape index (κ3) is 6.53. The zero-order valence-electron chi connectivity index (χ0n) is 24.1. The van der Waals surface area contributed by atoms with Gasteiger partial charge in [0.2, 0.25) is 0 Å². The first-order valence-electron chi connectivity index (χ1n) is 14.6. The van der Waals surface area contributed by atoms with Gasteiger partial charge in [-0.1, -0.05) is 70.7 Å². The summed E-state index contributed by atoms with van der Waals surface area (Å²) in [5.74, 6) is 1.07. The van der Waals surface area contributed by atoms with Crippen LogP contribution in [0.4, 0.5) is 0 Å². The van der Waals surface area contributed by atoms with Crippen molar-refractivity contribution >= 4 is 0 Å². The molecule has 0 atom stereocenters. The standard InChI is InChI=1S/C16H16N6.C15H15N7/c1-2-4-13(5-3-1)11-21-8-6-15-14(12-21)10-17-16(19-15)22-9-7-18-20-22;1-2-4-12(5-3-1)9-21-7-6-14-13(10-21)8-16-15(19-14)22-18-11-17-20-22/h1-5,7,9-10H,6,8,11-12H2;1-5,8,11H,6-7,9-10H2. The van der Waals surface area contributed by atoms with Crippen LogP contribution in [0.3, 0.4) is 0 Å². The molecule has 2 aromatic carbocycles. The molecule has 0 aliphatic carbocycles. The van der Waals surface area contributed by atoms with Crippen molar-refractivity contribution in [2.24, 2.45) is 0 Å². The van der Waals surface area contributed by atoms with Crippen LogP contribution in [-0.4, -0.2) is 78.0 Å². The molecule has 0 amide bonds. The minimum atomic E-state index is 0.479. The minimum Gasteiger partial charge on any atom is -0.294 e. The molecule has 0 bridgehead atoms. The van der Waals surface area contributed by atoms with E-state index in [9.17, 15) is 0 Å². The molecule has 6 heterocycles. The van der Waals surface area contributed by atoms with Crippen molar-refractivity contribution in [2.75, 3.05) is 13.1 Å². The molecular weight excluding hydrogens is 554 g/mol. The Hall–Kier alpha value is -5.27. The van der Waals surface area contributed by atoms with Crippen LogP contribution in [0.25, 0.3) is 11.9 Å². The third-order valence-corrected chi connectivity index (χ3v) is 7.65. The normalized spacial score (nSPS) is 14.7. The number of hydrogen-bond acceptors (Lipinski definition) is 11. The van der Waals surface area contributed by atoms with Crippen LogP contribution in [0.1, 0.15) is 33.6 Å². The summed E-state index contributed by atoms with van der Waals surface area (Å²) in [7, 11) is 0. The van der Waals surface area contributed by atoms with Crippen LogP contribution in [0.15, 0.2) is 91.8 Å². The van der Waals surface area contributed by atoms with E-state index in [1.165, 1.54) is 33.4 Å². The molecule has 0 spiro atoms. The van der Waals surface area contributed by atoms with E-state index in [4.69, 9.17) is 0 Å². The summed E-state index contributed by atoms with van der Waals surface area (Å²) in [6.45, 7) is 5.67. The van der Waals surface area contributed by atoms with Gasteiger partial charge in [-0.2, -0.15) is 4.68 Å². The first-order valence-corrected chi connectivity index (χ1v) is 14.6. The van der Waals surface area contributed by atoms with Crippen LogP contribution < -0.4 is 0 Å². The summed E-state index contributed by atoms with van der Waals surface area (Å²) < 4.78 is 1.59. The van der Waals surface area contributed by atoms with Gasteiger partial charge in [0.15, 0.2) is 6.33 Å². The molecule has 0 fully saturated rings. The maximum atomic E-state index is 4.62. The van der Waals surface area contributed by atoms with Crippen LogP contribution in [0.2, 0.25) is 0 Å². The predicted molar refractivity (Wildman–Crippen MR) is 160 cm³/mol. The van der Waals surface area contributed by atoms with Crippen LogP contribution in [0.5, 0.6) is 0 Å². The van der Waals surface area contributed by atoms with Gasteiger partial charge in [0.1, 0.15) is 0 Å². The fourth-order valence-corrected chi connectivity index (χ4v) is 5.46. The number of aromatic nitrogens is 11. The number of hydrogen-bond donors (Lipinski definition) is 0.